The molecule has 0 saturated carbocycles. The van der Waals surface area contributed by atoms with Crippen molar-refractivity contribution in [2.45, 2.75) is 32.6 Å². The average Bonchev–Trinajstić information content (AvgIpc) is 3.17. The molecule has 30 heavy (non-hydrogen) atoms. The summed E-state index contributed by atoms with van der Waals surface area (Å²) >= 11 is 0. The third-order valence-corrected chi connectivity index (χ3v) is 4.34. The number of hydrogen-bond donors (Lipinski definition) is 3. The number of amides is 1. The van der Waals surface area contributed by atoms with E-state index in [2.05, 4.69) is 20.8 Å². The van der Waals surface area contributed by atoms with Crippen molar-refractivity contribution in [2.75, 3.05) is 6.54 Å². The molecule has 0 aliphatic rings. The first-order valence-electron chi connectivity index (χ1n) is 9.55. The van der Waals surface area contributed by atoms with Gasteiger partial charge in [0.2, 0.25) is 0 Å². The zero-order valence-corrected chi connectivity index (χ0v) is 16.7. The molecule has 5 nitrogen and oxygen atoms in total. The molecule has 1 heterocycles. The van der Waals surface area contributed by atoms with Gasteiger partial charge in [0.25, 0.3) is 5.91 Å². The summed E-state index contributed by atoms with van der Waals surface area (Å²) in [7, 11) is 0. The number of hydrogen-bond acceptors (Lipinski definition) is 3. The molecule has 1 aromatic heterocycles. The van der Waals surface area contributed by atoms with Crippen molar-refractivity contribution in [2.24, 2.45) is 0 Å². The largest absolute Gasteiger partial charge is 0.401 e. The second kappa shape index (κ2) is 9.13. The number of rotatable bonds is 7. The number of carbonyl (C=O) groups is 1. The summed E-state index contributed by atoms with van der Waals surface area (Å²) in [5, 5.41) is 12.5. The van der Waals surface area contributed by atoms with Crippen LogP contribution in [-0.4, -0.2) is 34.9 Å². The van der Waals surface area contributed by atoms with Crippen molar-refractivity contribution < 1.29 is 18.0 Å². The molecule has 2 aromatic carbocycles. The number of halogens is 3. The normalized spacial score (nSPS) is 11.7. The monoisotopic (exact) mass is 416 g/mol. The highest BCUT2D eigenvalue weighted by molar-refractivity contribution is 5.95. The molecule has 3 aromatic rings. The molecule has 3 N–H and O–H groups in total. The number of carbonyl (C=O) groups excluding carboxylic acids is 1. The van der Waals surface area contributed by atoms with Crippen LogP contribution in [0.2, 0.25) is 0 Å². The Morgan fingerprint density at radius 3 is 2.47 bits per heavy atom. The molecule has 0 fully saturated rings. The second-order valence-electron chi connectivity index (χ2n) is 7.29. The average molecular weight is 416 g/mol. The van der Waals surface area contributed by atoms with Gasteiger partial charge in [-0.15, -0.1) is 0 Å². The van der Waals surface area contributed by atoms with E-state index in [1.165, 1.54) is 0 Å². The predicted octanol–water partition coefficient (Wildman–Crippen LogP) is 4.53. The van der Waals surface area contributed by atoms with Gasteiger partial charge in [0.15, 0.2) is 0 Å². The molecule has 0 bridgehead atoms. The summed E-state index contributed by atoms with van der Waals surface area (Å²) in [5.41, 5.74) is 4.45. The zero-order chi connectivity index (χ0) is 21.7. The van der Waals surface area contributed by atoms with Crippen molar-refractivity contribution in [3.05, 3.63) is 65.7 Å². The number of benzene rings is 2. The SMILES string of the molecule is CC(C)NC(=O)c1cccc(-c2cc(-c3ccc(CNCC(F)(F)F)cc3)[nH]n2)c1. The second-order valence-corrected chi connectivity index (χ2v) is 7.29. The van der Waals surface area contributed by atoms with Crippen LogP contribution in [-0.2, 0) is 6.54 Å². The minimum Gasteiger partial charge on any atom is -0.350 e. The van der Waals surface area contributed by atoms with Gasteiger partial charge in [0, 0.05) is 23.7 Å². The summed E-state index contributed by atoms with van der Waals surface area (Å²) in [6.45, 7) is 2.92. The number of aromatic amines is 1. The number of H-pyrrole nitrogens is 1. The van der Waals surface area contributed by atoms with Crippen molar-refractivity contribution >= 4 is 5.91 Å². The van der Waals surface area contributed by atoms with Gasteiger partial charge in [-0.1, -0.05) is 36.4 Å². The Balaban J connectivity index is 1.70. The lowest BCUT2D eigenvalue weighted by Gasteiger charge is -2.08. The molecule has 0 atom stereocenters. The van der Waals surface area contributed by atoms with Gasteiger partial charge in [-0.25, -0.2) is 0 Å². The van der Waals surface area contributed by atoms with E-state index < -0.39 is 12.7 Å². The first-order valence-corrected chi connectivity index (χ1v) is 9.55. The smallest absolute Gasteiger partial charge is 0.350 e. The molecule has 0 aliphatic heterocycles. The Bertz CT molecular complexity index is 994. The lowest BCUT2D eigenvalue weighted by atomic mass is 10.1. The summed E-state index contributed by atoms with van der Waals surface area (Å²) in [5.74, 6) is -0.141. The summed E-state index contributed by atoms with van der Waals surface area (Å²) in [4.78, 5) is 12.2. The molecular formula is C22H23F3N4O. The van der Waals surface area contributed by atoms with E-state index in [4.69, 9.17) is 0 Å². The van der Waals surface area contributed by atoms with Crippen LogP contribution in [0.4, 0.5) is 13.2 Å². The van der Waals surface area contributed by atoms with Gasteiger partial charge < -0.3 is 10.6 Å². The quantitative estimate of drug-likeness (QED) is 0.530. The van der Waals surface area contributed by atoms with Gasteiger partial charge in [-0.05, 0) is 43.2 Å². The number of nitrogens with zero attached hydrogens (tertiary/aromatic N) is 1. The third kappa shape index (κ3) is 5.93. The fraction of sp³-hybridized carbons (Fsp3) is 0.273. The van der Waals surface area contributed by atoms with Gasteiger partial charge in [-0.3, -0.25) is 9.89 Å². The standard InChI is InChI=1S/C22H23F3N4O/c1-14(2)27-21(30)18-5-3-4-17(10-18)20-11-19(28-29-20)16-8-6-15(7-9-16)12-26-13-22(23,24)25/h3-11,14,26H,12-13H2,1-2H3,(H,27,30)(H,28,29). The first kappa shape index (κ1) is 21.6. The molecular weight excluding hydrogens is 393 g/mol. The summed E-state index contributed by atoms with van der Waals surface area (Å²) < 4.78 is 36.6. The van der Waals surface area contributed by atoms with Crippen molar-refractivity contribution in [1.29, 1.82) is 0 Å². The van der Waals surface area contributed by atoms with Gasteiger partial charge in [-0.2, -0.15) is 18.3 Å². The maximum absolute atomic E-state index is 12.2. The van der Waals surface area contributed by atoms with Crippen LogP contribution in [0.5, 0.6) is 0 Å². The van der Waals surface area contributed by atoms with Crippen LogP contribution in [0.25, 0.3) is 22.5 Å². The lowest BCUT2D eigenvalue weighted by Crippen LogP contribution is -2.30. The molecule has 8 heteroatoms. The maximum Gasteiger partial charge on any atom is 0.401 e. The van der Waals surface area contributed by atoms with E-state index in [1.807, 2.05) is 44.2 Å². The van der Waals surface area contributed by atoms with Crippen LogP contribution in [0.3, 0.4) is 0 Å². The van der Waals surface area contributed by atoms with E-state index >= 15 is 0 Å². The zero-order valence-electron chi connectivity index (χ0n) is 16.7. The van der Waals surface area contributed by atoms with Gasteiger partial charge in [0.05, 0.1) is 17.9 Å². The number of alkyl halides is 3. The summed E-state index contributed by atoms with van der Waals surface area (Å²) in [6, 6.07) is 16.3. The van der Waals surface area contributed by atoms with Crippen LogP contribution in [0, 0.1) is 0 Å². The predicted molar refractivity (Wildman–Crippen MR) is 110 cm³/mol. The molecule has 0 unspecified atom stereocenters. The van der Waals surface area contributed by atoms with E-state index in [0.29, 0.717) is 11.3 Å². The number of aromatic nitrogens is 2. The topological polar surface area (TPSA) is 69.8 Å². The maximum atomic E-state index is 12.2. The third-order valence-electron chi connectivity index (χ3n) is 4.34. The van der Waals surface area contributed by atoms with E-state index in [9.17, 15) is 18.0 Å². The Hall–Kier alpha value is -3.13. The Labute approximate surface area is 172 Å². The van der Waals surface area contributed by atoms with Crippen molar-refractivity contribution in [3.63, 3.8) is 0 Å². The van der Waals surface area contributed by atoms with Crippen LogP contribution < -0.4 is 10.6 Å². The van der Waals surface area contributed by atoms with Crippen LogP contribution in [0.15, 0.2) is 54.6 Å². The Kier molecular flexibility index (Phi) is 6.56. The molecule has 158 valence electrons. The summed E-state index contributed by atoms with van der Waals surface area (Å²) in [6.07, 6.45) is -4.22. The fourth-order valence-corrected chi connectivity index (χ4v) is 2.93. The minimum atomic E-state index is -4.22. The molecule has 1 amide bonds. The van der Waals surface area contributed by atoms with Crippen molar-refractivity contribution in [1.82, 2.24) is 20.8 Å². The number of nitrogens with one attached hydrogen (secondary N) is 3. The van der Waals surface area contributed by atoms with Crippen LogP contribution in [0.1, 0.15) is 29.8 Å². The van der Waals surface area contributed by atoms with E-state index in [0.717, 1.165) is 22.4 Å². The highest BCUT2D eigenvalue weighted by atomic mass is 19.4. The molecule has 0 saturated heterocycles. The van der Waals surface area contributed by atoms with Crippen LogP contribution >= 0.6 is 0 Å². The molecule has 3 rings (SSSR count). The molecule has 0 aliphatic carbocycles. The Morgan fingerprint density at radius 1 is 1.07 bits per heavy atom. The molecule has 0 radical (unpaired) electrons. The van der Waals surface area contributed by atoms with E-state index in [-0.39, 0.29) is 18.5 Å². The highest BCUT2D eigenvalue weighted by Crippen LogP contribution is 2.25. The van der Waals surface area contributed by atoms with Gasteiger partial charge >= 0.3 is 6.18 Å². The van der Waals surface area contributed by atoms with Gasteiger partial charge in [0.1, 0.15) is 0 Å². The minimum absolute atomic E-state index is 0.0461. The van der Waals surface area contributed by atoms with Crippen molar-refractivity contribution in [3.8, 4) is 22.5 Å². The molecule has 0 spiro atoms. The first-order chi connectivity index (χ1) is 14.2. The van der Waals surface area contributed by atoms with E-state index in [1.54, 1.807) is 24.3 Å². The lowest BCUT2D eigenvalue weighted by molar-refractivity contribution is -0.125. The Morgan fingerprint density at radius 2 is 1.80 bits per heavy atom. The highest BCUT2D eigenvalue weighted by Gasteiger charge is 2.26. The fourth-order valence-electron chi connectivity index (χ4n) is 2.93.